The summed E-state index contributed by atoms with van der Waals surface area (Å²) in [6.45, 7) is 6.91. The second-order valence-corrected chi connectivity index (χ2v) is 5.19. The number of nitrogens with zero attached hydrogens (tertiary/aromatic N) is 1. The number of amides is 1. The third kappa shape index (κ3) is 5.21. The van der Waals surface area contributed by atoms with E-state index in [0.29, 0.717) is 6.54 Å². The van der Waals surface area contributed by atoms with Crippen LogP contribution in [0.1, 0.15) is 11.1 Å². The van der Waals surface area contributed by atoms with Crippen LogP contribution < -0.4 is 11.1 Å². The molecule has 0 atom stereocenters. The highest BCUT2D eigenvalue weighted by Gasteiger charge is 2.09. The Morgan fingerprint density at radius 2 is 2.19 bits per heavy atom. The van der Waals surface area contributed by atoms with Gasteiger partial charge in [-0.05, 0) is 30.2 Å². The molecular weight excluding hydrogens is 266 g/mol. The second-order valence-electron chi connectivity index (χ2n) is 5.19. The van der Waals surface area contributed by atoms with E-state index < -0.39 is 0 Å². The molecule has 1 saturated heterocycles. The molecule has 1 aliphatic heterocycles. The largest absolute Gasteiger partial charge is 0.398 e. The fraction of sp³-hybridized carbons (Fsp3) is 0.438. The van der Waals surface area contributed by atoms with Crippen molar-refractivity contribution < 1.29 is 9.53 Å². The lowest BCUT2D eigenvalue weighted by Gasteiger charge is -2.26. The van der Waals surface area contributed by atoms with Gasteiger partial charge in [0.25, 0.3) is 0 Å². The van der Waals surface area contributed by atoms with Crippen LogP contribution in [0.3, 0.4) is 0 Å². The highest BCUT2D eigenvalue weighted by Crippen LogP contribution is 2.13. The van der Waals surface area contributed by atoms with Crippen molar-refractivity contribution in [3.05, 3.63) is 35.4 Å². The predicted octanol–water partition coefficient (Wildman–Crippen LogP) is 1.04. The van der Waals surface area contributed by atoms with Gasteiger partial charge in [-0.1, -0.05) is 12.1 Å². The maximum atomic E-state index is 11.7. The van der Waals surface area contributed by atoms with Crippen LogP contribution in [-0.4, -0.2) is 50.2 Å². The molecule has 1 aromatic rings. The van der Waals surface area contributed by atoms with Crippen LogP contribution in [-0.2, 0) is 9.53 Å². The predicted molar refractivity (Wildman–Crippen MR) is 84.9 cm³/mol. The molecule has 0 aliphatic carbocycles. The number of hydrogen-bond donors (Lipinski definition) is 2. The first-order valence-corrected chi connectivity index (χ1v) is 7.27. The first kappa shape index (κ1) is 15.5. The normalized spacial score (nSPS) is 16.2. The van der Waals surface area contributed by atoms with E-state index in [0.717, 1.165) is 49.7 Å². The summed E-state index contributed by atoms with van der Waals surface area (Å²) in [5.41, 5.74) is 8.56. The quantitative estimate of drug-likeness (QED) is 0.628. The van der Waals surface area contributed by atoms with Gasteiger partial charge in [0, 0.05) is 37.9 Å². The molecule has 1 aliphatic rings. The van der Waals surface area contributed by atoms with E-state index in [4.69, 9.17) is 10.5 Å². The third-order valence-electron chi connectivity index (χ3n) is 3.56. The Morgan fingerprint density at radius 1 is 1.43 bits per heavy atom. The molecule has 0 aromatic heterocycles. The van der Waals surface area contributed by atoms with E-state index in [1.165, 1.54) is 0 Å². The van der Waals surface area contributed by atoms with Crippen molar-refractivity contribution in [1.29, 1.82) is 0 Å². The Morgan fingerprint density at radius 3 is 2.90 bits per heavy atom. The van der Waals surface area contributed by atoms with Crippen molar-refractivity contribution in [1.82, 2.24) is 10.2 Å². The zero-order chi connectivity index (χ0) is 15.1. The standard InChI is InChI=1S/C16H23N3O2/c1-13-2-3-14(12-15(13)17)4-5-16(20)18-6-7-19-8-10-21-11-9-19/h2-5,12H,6-11,17H2,1H3,(H,18,20)/b5-4+. The summed E-state index contributed by atoms with van der Waals surface area (Å²) in [5.74, 6) is -0.0811. The number of nitrogen functional groups attached to an aromatic ring is 1. The average Bonchev–Trinajstić information content (AvgIpc) is 2.49. The van der Waals surface area contributed by atoms with Crippen LogP contribution in [0.4, 0.5) is 5.69 Å². The number of ether oxygens (including phenoxy) is 1. The lowest BCUT2D eigenvalue weighted by Crippen LogP contribution is -2.41. The molecule has 1 fully saturated rings. The van der Waals surface area contributed by atoms with Crippen LogP contribution in [0.5, 0.6) is 0 Å². The minimum Gasteiger partial charge on any atom is -0.398 e. The summed E-state index contributed by atoms with van der Waals surface area (Å²) in [7, 11) is 0. The molecular formula is C16H23N3O2. The Balaban J connectivity index is 1.73. The molecule has 0 saturated carbocycles. The van der Waals surface area contributed by atoms with Crippen molar-refractivity contribution in [3.63, 3.8) is 0 Å². The zero-order valence-electron chi connectivity index (χ0n) is 12.5. The van der Waals surface area contributed by atoms with Crippen molar-refractivity contribution >= 4 is 17.7 Å². The minimum atomic E-state index is -0.0811. The van der Waals surface area contributed by atoms with Crippen molar-refractivity contribution in [2.24, 2.45) is 0 Å². The number of benzene rings is 1. The number of nitrogens with two attached hydrogens (primary N) is 1. The average molecular weight is 289 g/mol. The molecule has 5 heteroatoms. The van der Waals surface area contributed by atoms with Crippen LogP contribution in [0.15, 0.2) is 24.3 Å². The van der Waals surface area contributed by atoms with Crippen molar-refractivity contribution in [2.75, 3.05) is 45.1 Å². The topological polar surface area (TPSA) is 67.6 Å². The Kier molecular flexibility index (Phi) is 5.78. The van der Waals surface area contributed by atoms with Gasteiger partial charge < -0.3 is 15.8 Å². The van der Waals surface area contributed by atoms with E-state index in [2.05, 4.69) is 10.2 Å². The fourth-order valence-corrected chi connectivity index (χ4v) is 2.16. The molecule has 1 heterocycles. The number of rotatable bonds is 5. The monoisotopic (exact) mass is 289 g/mol. The second kappa shape index (κ2) is 7.81. The maximum Gasteiger partial charge on any atom is 0.244 e. The fourth-order valence-electron chi connectivity index (χ4n) is 2.16. The van der Waals surface area contributed by atoms with Gasteiger partial charge in [0.05, 0.1) is 13.2 Å². The van der Waals surface area contributed by atoms with Gasteiger partial charge in [-0.2, -0.15) is 0 Å². The molecule has 2 rings (SSSR count). The van der Waals surface area contributed by atoms with Crippen molar-refractivity contribution in [3.8, 4) is 0 Å². The lowest BCUT2D eigenvalue weighted by molar-refractivity contribution is -0.116. The van der Waals surface area contributed by atoms with Gasteiger partial charge >= 0.3 is 0 Å². The number of aryl methyl sites for hydroxylation is 1. The van der Waals surface area contributed by atoms with E-state index in [-0.39, 0.29) is 5.91 Å². The summed E-state index contributed by atoms with van der Waals surface area (Å²) >= 11 is 0. The summed E-state index contributed by atoms with van der Waals surface area (Å²) in [4.78, 5) is 14.0. The third-order valence-corrected chi connectivity index (χ3v) is 3.56. The molecule has 0 radical (unpaired) electrons. The SMILES string of the molecule is Cc1ccc(/C=C/C(=O)NCCN2CCOCC2)cc1N. The van der Waals surface area contributed by atoms with Crippen LogP contribution in [0, 0.1) is 6.92 Å². The molecule has 3 N–H and O–H groups in total. The van der Waals surface area contributed by atoms with E-state index >= 15 is 0 Å². The van der Waals surface area contributed by atoms with E-state index in [9.17, 15) is 4.79 Å². The Labute approximate surface area is 125 Å². The maximum absolute atomic E-state index is 11.7. The highest BCUT2D eigenvalue weighted by molar-refractivity contribution is 5.91. The lowest BCUT2D eigenvalue weighted by atomic mass is 10.1. The molecule has 0 unspecified atom stereocenters. The number of hydrogen-bond acceptors (Lipinski definition) is 4. The molecule has 114 valence electrons. The summed E-state index contributed by atoms with van der Waals surface area (Å²) in [5, 5.41) is 2.89. The van der Waals surface area contributed by atoms with Crippen LogP contribution >= 0.6 is 0 Å². The highest BCUT2D eigenvalue weighted by atomic mass is 16.5. The van der Waals surface area contributed by atoms with Gasteiger partial charge in [0.15, 0.2) is 0 Å². The van der Waals surface area contributed by atoms with Gasteiger partial charge in [-0.25, -0.2) is 0 Å². The Bertz CT molecular complexity index is 508. The molecule has 1 aromatic carbocycles. The number of carbonyl (C=O) groups excluding carboxylic acids is 1. The van der Waals surface area contributed by atoms with Crippen LogP contribution in [0.2, 0.25) is 0 Å². The van der Waals surface area contributed by atoms with Crippen LogP contribution in [0.25, 0.3) is 6.08 Å². The van der Waals surface area contributed by atoms with Gasteiger partial charge in [0.1, 0.15) is 0 Å². The van der Waals surface area contributed by atoms with E-state index in [1.807, 2.05) is 25.1 Å². The van der Waals surface area contributed by atoms with Crippen molar-refractivity contribution in [2.45, 2.75) is 6.92 Å². The number of carbonyl (C=O) groups is 1. The summed E-state index contributed by atoms with van der Waals surface area (Å²) in [6, 6.07) is 5.77. The summed E-state index contributed by atoms with van der Waals surface area (Å²) in [6.07, 6.45) is 3.32. The Hall–Kier alpha value is -1.85. The molecule has 5 nitrogen and oxygen atoms in total. The van der Waals surface area contributed by atoms with Gasteiger partial charge in [0.2, 0.25) is 5.91 Å². The smallest absolute Gasteiger partial charge is 0.244 e. The number of nitrogens with one attached hydrogen (secondary N) is 1. The first-order valence-electron chi connectivity index (χ1n) is 7.27. The van der Waals surface area contributed by atoms with E-state index in [1.54, 1.807) is 12.2 Å². The zero-order valence-corrected chi connectivity index (χ0v) is 12.5. The summed E-state index contributed by atoms with van der Waals surface area (Å²) < 4.78 is 5.28. The molecule has 1 amide bonds. The molecule has 0 spiro atoms. The van der Waals surface area contributed by atoms with Gasteiger partial charge in [-0.15, -0.1) is 0 Å². The van der Waals surface area contributed by atoms with Gasteiger partial charge in [-0.3, -0.25) is 9.69 Å². The first-order chi connectivity index (χ1) is 10.1. The minimum absolute atomic E-state index is 0.0811. The number of morpholine rings is 1. The number of anilines is 1. The molecule has 21 heavy (non-hydrogen) atoms. The molecule has 0 bridgehead atoms.